The lowest BCUT2D eigenvalue weighted by Gasteiger charge is -2.39. The summed E-state index contributed by atoms with van der Waals surface area (Å²) < 4.78 is 32.8. The maximum Gasteiger partial charge on any atom is 0.229 e. The highest BCUT2D eigenvalue weighted by Gasteiger charge is 2.45. The summed E-state index contributed by atoms with van der Waals surface area (Å²) in [5.74, 6) is -1.58. The van der Waals surface area contributed by atoms with Gasteiger partial charge in [0.25, 0.3) is 0 Å². The quantitative estimate of drug-likeness (QED) is 0.244. The van der Waals surface area contributed by atoms with Crippen LogP contribution in [-0.4, -0.2) is 89.3 Å². The molecule has 0 radical (unpaired) electrons. The number of aliphatic hydroxyl groups excluding tert-OH is 4. The first-order chi connectivity index (χ1) is 17.7. The van der Waals surface area contributed by atoms with Crippen LogP contribution < -0.4 is 24.4 Å². The lowest BCUT2D eigenvalue weighted by molar-refractivity contribution is -0.277. The molecule has 2 aromatic carbocycles. The molecule has 5 unspecified atom stereocenters. The van der Waals surface area contributed by atoms with Gasteiger partial charge in [0.1, 0.15) is 52.6 Å². The van der Waals surface area contributed by atoms with E-state index in [1.54, 1.807) is 0 Å². The largest absolute Gasteiger partial charge is 0.507 e. The fourth-order valence-electron chi connectivity index (χ4n) is 4.14. The molecule has 37 heavy (non-hydrogen) atoms. The Bertz CT molecular complexity index is 1350. The first-order valence-electron chi connectivity index (χ1n) is 11.0. The summed E-state index contributed by atoms with van der Waals surface area (Å²) in [6.07, 6.45) is -7.85. The van der Waals surface area contributed by atoms with Crippen LogP contribution >= 0.6 is 0 Å². The molecule has 1 aliphatic rings. The Labute approximate surface area is 209 Å². The number of hydrogen-bond donors (Lipinski definition) is 6. The molecule has 0 amide bonds. The van der Waals surface area contributed by atoms with E-state index in [1.807, 2.05) is 0 Å². The van der Waals surface area contributed by atoms with Crippen molar-refractivity contribution in [3.05, 3.63) is 34.5 Å². The molecule has 0 saturated carbocycles. The minimum atomic E-state index is -1.73. The number of aromatic hydroxyl groups is 2. The Morgan fingerprint density at radius 3 is 2.22 bits per heavy atom. The van der Waals surface area contributed by atoms with Gasteiger partial charge in [-0.25, -0.2) is 0 Å². The molecule has 13 heteroatoms. The van der Waals surface area contributed by atoms with Crippen LogP contribution in [0.15, 0.2) is 33.5 Å². The number of hydrogen-bond acceptors (Lipinski definition) is 13. The molecule has 1 aliphatic heterocycles. The zero-order valence-corrected chi connectivity index (χ0v) is 19.9. The van der Waals surface area contributed by atoms with Crippen LogP contribution in [0.4, 0.5) is 0 Å². The van der Waals surface area contributed by atoms with Crippen molar-refractivity contribution in [2.45, 2.75) is 30.7 Å². The number of rotatable bonds is 7. The smallest absolute Gasteiger partial charge is 0.229 e. The van der Waals surface area contributed by atoms with E-state index in [2.05, 4.69) is 0 Å². The standard InChI is InChI=1S/C24H26O13/c1-32-21-17(29)15-10(27)7-12(35-20(15)22(33-2)23(21)34-3)14-9(26)5-4-6-11(14)36-24-19(31)18(30)16(28)13(8-25)37-24/h4-7,13,16,18-19,24-26,28-31H,8H2,1-3H3. The van der Waals surface area contributed by atoms with Crippen molar-refractivity contribution >= 4 is 11.0 Å². The molecule has 6 N–H and O–H groups in total. The second-order valence-corrected chi connectivity index (χ2v) is 8.09. The third-order valence-corrected chi connectivity index (χ3v) is 5.97. The molecular weight excluding hydrogens is 496 g/mol. The normalized spacial score (nSPS) is 23.6. The number of fused-ring (bicyclic) bond motifs is 1. The van der Waals surface area contributed by atoms with E-state index < -0.39 is 54.2 Å². The molecule has 0 spiro atoms. The maximum absolute atomic E-state index is 13.1. The molecule has 200 valence electrons. The van der Waals surface area contributed by atoms with Crippen LogP contribution in [0.5, 0.6) is 34.5 Å². The van der Waals surface area contributed by atoms with E-state index in [9.17, 15) is 35.4 Å². The SMILES string of the molecule is COc1c(OC)c(O)c2c(=O)cc(-c3c(O)cccc3OC3OC(CO)C(O)C(O)C3O)oc2c1OC. The van der Waals surface area contributed by atoms with Gasteiger partial charge in [-0.1, -0.05) is 6.07 Å². The fraction of sp³-hybridized carbons (Fsp3) is 0.375. The average molecular weight is 522 g/mol. The van der Waals surface area contributed by atoms with E-state index in [4.69, 9.17) is 28.1 Å². The first kappa shape index (κ1) is 26.3. The van der Waals surface area contributed by atoms with Gasteiger partial charge in [0.2, 0.25) is 23.5 Å². The maximum atomic E-state index is 13.1. The van der Waals surface area contributed by atoms with Crippen LogP contribution in [0, 0.1) is 0 Å². The van der Waals surface area contributed by atoms with E-state index in [0.29, 0.717) is 0 Å². The predicted molar refractivity (Wildman–Crippen MR) is 125 cm³/mol. The van der Waals surface area contributed by atoms with Crippen molar-refractivity contribution in [2.75, 3.05) is 27.9 Å². The van der Waals surface area contributed by atoms with Gasteiger partial charge in [-0.05, 0) is 12.1 Å². The first-order valence-corrected chi connectivity index (χ1v) is 11.0. The number of aliphatic hydroxyl groups is 4. The highest BCUT2D eigenvalue weighted by atomic mass is 16.7. The Kier molecular flexibility index (Phi) is 7.34. The van der Waals surface area contributed by atoms with Gasteiger partial charge in [0, 0.05) is 6.07 Å². The van der Waals surface area contributed by atoms with Crippen LogP contribution in [0.1, 0.15) is 0 Å². The summed E-state index contributed by atoms with van der Waals surface area (Å²) in [7, 11) is 3.85. The lowest BCUT2D eigenvalue weighted by Crippen LogP contribution is -2.60. The highest BCUT2D eigenvalue weighted by molar-refractivity contribution is 5.95. The zero-order chi connectivity index (χ0) is 27.0. The molecule has 1 fully saturated rings. The number of phenols is 2. The van der Waals surface area contributed by atoms with Gasteiger partial charge < -0.3 is 58.7 Å². The Morgan fingerprint density at radius 1 is 0.919 bits per heavy atom. The summed E-state index contributed by atoms with van der Waals surface area (Å²) in [6.45, 7) is -0.675. The van der Waals surface area contributed by atoms with Crippen molar-refractivity contribution < 1.29 is 58.7 Å². The van der Waals surface area contributed by atoms with Gasteiger partial charge >= 0.3 is 0 Å². The Hall–Kier alpha value is -3.75. The van der Waals surface area contributed by atoms with Crippen molar-refractivity contribution in [3.63, 3.8) is 0 Å². The average Bonchev–Trinajstić information content (AvgIpc) is 2.88. The molecule has 1 saturated heterocycles. The van der Waals surface area contributed by atoms with Gasteiger partial charge in [-0.3, -0.25) is 4.79 Å². The number of ether oxygens (including phenoxy) is 5. The minimum Gasteiger partial charge on any atom is -0.507 e. The van der Waals surface area contributed by atoms with Gasteiger partial charge in [0.05, 0.1) is 27.9 Å². The third-order valence-electron chi connectivity index (χ3n) is 5.97. The third kappa shape index (κ3) is 4.36. The second kappa shape index (κ2) is 10.3. The topological polar surface area (TPSA) is 198 Å². The molecule has 1 aromatic heterocycles. The predicted octanol–water partition coefficient (Wildman–Crippen LogP) is 0.0757. The Morgan fingerprint density at radius 2 is 1.59 bits per heavy atom. The summed E-state index contributed by atoms with van der Waals surface area (Å²) in [5, 5.41) is 60.9. The molecule has 0 bridgehead atoms. The van der Waals surface area contributed by atoms with Gasteiger partial charge in [-0.2, -0.15) is 0 Å². The van der Waals surface area contributed by atoms with E-state index in [1.165, 1.54) is 39.5 Å². The molecule has 4 rings (SSSR count). The van der Waals surface area contributed by atoms with Gasteiger partial charge in [-0.15, -0.1) is 0 Å². The number of phenolic OH excluding ortho intramolecular Hbond substituents is 2. The minimum absolute atomic E-state index is 0.0506. The van der Waals surface area contributed by atoms with E-state index >= 15 is 0 Å². The van der Waals surface area contributed by atoms with Crippen molar-refractivity contribution in [3.8, 4) is 45.8 Å². The van der Waals surface area contributed by atoms with Crippen molar-refractivity contribution in [1.82, 2.24) is 0 Å². The number of methoxy groups -OCH3 is 3. The molecule has 5 atom stereocenters. The molecule has 2 heterocycles. The summed E-state index contributed by atoms with van der Waals surface area (Å²) in [5.41, 5.74) is -1.09. The molecule has 3 aromatic rings. The molecular formula is C24H26O13. The summed E-state index contributed by atoms with van der Waals surface area (Å²) in [4.78, 5) is 13.1. The lowest BCUT2D eigenvalue weighted by atomic mass is 9.99. The fourth-order valence-corrected chi connectivity index (χ4v) is 4.14. The van der Waals surface area contributed by atoms with E-state index in [-0.39, 0.29) is 45.3 Å². The number of benzene rings is 2. The Balaban J connectivity index is 1.88. The van der Waals surface area contributed by atoms with Gasteiger partial charge in [0.15, 0.2) is 16.8 Å². The summed E-state index contributed by atoms with van der Waals surface area (Å²) >= 11 is 0. The van der Waals surface area contributed by atoms with Crippen LogP contribution in [-0.2, 0) is 4.74 Å². The zero-order valence-electron chi connectivity index (χ0n) is 19.9. The molecule has 13 nitrogen and oxygen atoms in total. The van der Waals surface area contributed by atoms with Crippen LogP contribution in [0.2, 0.25) is 0 Å². The highest BCUT2D eigenvalue weighted by Crippen LogP contribution is 2.50. The van der Waals surface area contributed by atoms with Crippen molar-refractivity contribution in [2.24, 2.45) is 0 Å². The molecule has 0 aliphatic carbocycles. The monoisotopic (exact) mass is 522 g/mol. The second-order valence-electron chi connectivity index (χ2n) is 8.09. The van der Waals surface area contributed by atoms with E-state index in [0.717, 1.165) is 6.07 Å². The van der Waals surface area contributed by atoms with Crippen LogP contribution in [0.25, 0.3) is 22.3 Å². The van der Waals surface area contributed by atoms with Crippen molar-refractivity contribution in [1.29, 1.82) is 0 Å². The summed E-state index contributed by atoms with van der Waals surface area (Å²) in [6, 6.07) is 5.03. The van der Waals surface area contributed by atoms with Crippen LogP contribution in [0.3, 0.4) is 0 Å².